The molecular weight excluding hydrogens is 477 g/mol. The zero-order chi connectivity index (χ0) is 24.8. The second-order valence-electron chi connectivity index (χ2n) is 6.60. The molecule has 0 aliphatic rings. The molecule has 3 rings (SSSR count). The molecular formula is C24H24O9Sc. The van der Waals surface area contributed by atoms with Gasteiger partial charge in [-0.15, -0.1) is 0 Å². The standard InChI is InChI=1S/3C8H8O3.Sc/c3*9-7-4-2-1-3-6(7)5-8(10)11;/h3*1-4,9H,5H2,(H,10,11);. The zero-order valence-electron chi connectivity index (χ0n) is 18.0. The number of phenols is 3. The van der Waals surface area contributed by atoms with Crippen molar-refractivity contribution in [1.29, 1.82) is 0 Å². The smallest absolute Gasteiger partial charge is 0.307 e. The summed E-state index contributed by atoms with van der Waals surface area (Å²) in [6.07, 6.45) is -0.397. The van der Waals surface area contributed by atoms with E-state index in [1.165, 1.54) is 18.2 Å². The number of aliphatic carboxylic acids is 3. The SMILES string of the molecule is O=C(O)Cc1ccccc1O.O=C(O)Cc1ccccc1O.O=C(O)Cc1ccccc1O.[Sc]. The molecule has 0 unspecified atom stereocenters. The van der Waals surface area contributed by atoms with Crippen LogP contribution in [0.2, 0.25) is 0 Å². The normalized spacial score (nSPS) is 9.18. The van der Waals surface area contributed by atoms with Gasteiger partial charge in [0.25, 0.3) is 0 Å². The van der Waals surface area contributed by atoms with E-state index >= 15 is 0 Å². The Morgan fingerprint density at radius 1 is 0.471 bits per heavy atom. The van der Waals surface area contributed by atoms with Gasteiger partial charge >= 0.3 is 17.9 Å². The average molecular weight is 501 g/mol. The Bertz CT molecular complexity index is 947. The first-order chi connectivity index (χ1) is 15.6. The Kier molecular flexibility index (Phi) is 14.3. The maximum absolute atomic E-state index is 10.2. The first-order valence-corrected chi connectivity index (χ1v) is 9.56. The molecule has 0 saturated heterocycles. The summed E-state index contributed by atoms with van der Waals surface area (Å²) in [5, 5.41) is 52.4. The fourth-order valence-corrected chi connectivity index (χ4v) is 2.47. The Balaban J connectivity index is 0.000000473. The number of hydrogen-bond acceptors (Lipinski definition) is 6. The monoisotopic (exact) mass is 501 g/mol. The molecule has 1 radical (unpaired) electrons. The van der Waals surface area contributed by atoms with Crippen molar-refractivity contribution in [3.05, 3.63) is 89.5 Å². The molecule has 0 bridgehead atoms. The summed E-state index contributed by atoms with van der Waals surface area (Å²) < 4.78 is 0. The Morgan fingerprint density at radius 2 is 0.676 bits per heavy atom. The predicted molar refractivity (Wildman–Crippen MR) is 118 cm³/mol. The molecule has 10 heteroatoms. The van der Waals surface area contributed by atoms with Gasteiger partial charge in [0.05, 0.1) is 19.3 Å². The van der Waals surface area contributed by atoms with E-state index in [2.05, 4.69) is 0 Å². The van der Waals surface area contributed by atoms with Crippen LogP contribution >= 0.6 is 0 Å². The van der Waals surface area contributed by atoms with Gasteiger partial charge in [0, 0.05) is 42.5 Å². The molecule has 0 atom stereocenters. The number of carbonyl (C=O) groups is 3. The van der Waals surface area contributed by atoms with E-state index in [0.717, 1.165) is 0 Å². The number of benzene rings is 3. The zero-order valence-corrected chi connectivity index (χ0v) is 19.8. The molecule has 9 nitrogen and oxygen atoms in total. The van der Waals surface area contributed by atoms with Crippen LogP contribution in [0.1, 0.15) is 16.7 Å². The summed E-state index contributed by atoms with van der Waals surface area (Å²) in [4.78, 5) is 30.6. The van der Waals surface area contributed by atoms with Crippen LogP contribution in [0.5, 0.6) is 17.2 Å². The van der Waals surface area contributed by atoms with E-state index in [4.69, 9.17) is 30.6 Å². The van der Waals surface area contributed by atoms with Crippen molar-refractivity contribution in [3.8, 4) is 17.2 Å². The molecule has 0 aromatic heterocycles. The molecule has 0 aliphatic heterocycles. The molecule has 3 aromatic rings. The third-order valence-corrected chi connectivity index (χ3v) is 4.00. The Hall–Kier alpha value is -3.66. The van der Waals surface area contributed by atoms with Crippen molar-refractivity contribution in [2.24, 2.45) is 0 Å². The van der Waals surface area contributed by atoms with Gasteiger partial charge in [0.2, 0.25) is 0 Å². The molecule has 6 N–H and O–H groups in total. The van der Waals surface area contributed by atoms with Gasteiger partial charge in [-0.2, -0.15) is 0 Å². The summed E-state index contributed by atoms with van der Waals surface area (Å²) in [5.41, 5.74) is 1.33. The van der Waals surface area contributed by atoms with Crippen LogP contribution in [0.25, 0.3) is 0 Å². The van der Waals surface area contributed by atoms with E-state index < -0.39 is 17.9 Å². The number of rotatable bonds is 6. The minimum absolute atomic E-state index is 0. The third kappa shape index (κ3) is 12.4. The van der Waals surface area contributed by atoms with Gasteiger partial charge in [-0.1, -0.05) is 54.6 Å². The number of carboxylic acid groups (broad SMARTS) is 3. The van der Waals surface area contributed by atoms with Crippen molar-refractivity contribution in [1.82, 2.24) is 0 Å². The second-order valence-corrected chi connectivity index (χ2v) is 6.60. The van der Waals surface area contributed by atoms with E-state index in [0.29, 0.717) is 16.7 Å². The number of phenolic OH excluding ortho intramolecular Hbond substituents is 3. The topological polar surface area (TPSA) is 173 Å². The fourth-order valence-electron chi connectivity index (χ4n) is 2.47. The molecule has 0 aliphatic carbocycles. The van der Waals surface area contributed by atoms with Gasteiger partial charge < -0.3 is 30.6 Å². The summed E-state index contributed by atoms with van der Waals surface area (Å²) in [6, 6.07) is 19.2. The molecule has 0 spiro atoms. The largest absolute Gasteiger partial charge is 0.508 e. The van der Waals surface area contributed by atoms with Crippen molar-refractivity contribution in [2.45, 2.75) is 19.3 Å². The van der Waals surface area contributed by atoms with Crippen molar-refractivity contribution < 1.29 is 70.9 Å². The number of carboxylic acids is 3. The fraction of sp³-hybridized carbons (Fsp3) is 0.125. The first-order valence-electron chi connectivity index (χ1n) is 9.56. The van der Waals surface area contributed by atoms with E-state index in [9.17, 15) is 14.4 Å². The van der Waals surface area contributed by atoms with Crippen LogP contribution < -0.4 is 0 Å². The van der Waals surface area contributed by atoms with Crippen LogP contribution in [0, 0.1) is 0 Å². The van der Waals surface area contributed by atoms with Gasteiger partial charge in [-0.05, 0) is 18.2 Å². The van der Waals surface area contributed by atoms with E-state index in [1.807, 2.05) is 0 Å². The summed E-state index contributed by atoms with van der Waals surface area (Å²) >= 11 is 0. The maximum Gasteiger partial charge on any atom is 0.307 e. The minimum Gasteiger partial charge on any atom is -0.508 e. The van der Waals surface area contributed by atoms with E-state index in [1.54, 1.807) is 54.6 Å². The first kappa shape index (κ1) is 30.3. The minimum atomic E-state index is -0.938. The molecule has 0 saturated carbocycles. The number of para-hydroxylation sites is 3. The molecule has 3 aromatic carbocycles. The average Bonchev–Trinajstić information content (AvgIpc) is 2.73. The van der Waals surface area contributed by atoms with Crippen molar-refractivity contribution in [3.63, 3.8) is 0 Å². The van der Waals surface area contributed by atoms with Gasteiger partial charge in [0.1, 0.15) is 17.2 Å². The molecule has 177 valence electrons. The molecule has 34 heavy (non-hydrogen) atoms. The summed E-state index contributed by atoms with van der Waals surface area (Å²) in [5.74, 6) is -2.70. The van der Waals surface area contributed by atoms with Gasteiger partial charge in [-0.25, -0.2) is 0 Å². The Morgan fingerprint density at radius 3 is 0.853 bits per heavy atom. The number of hydrogen-bond donors (Lipinski definition) is 6. The van der Waals surface area contributed by atoms with Crippen LogP contribution in [0.3, 0.4) is 0 Å². The summed E-state index contributed by atoms with van der Waals surface area (Å²) in [6.45, 7) is 0. The second kappa shape index (κ2) is 16.0. The number of aromatic hydroxyl groups is 3. The van der Waals surface area contributed by atoms with Gasteiger partial charge in [-0.3, -0.25) is 14.4 Å². The van der Waals surface area contributed by atoms with Crippen LogP contribution in [0.15, 0.2) is 72.8 Å². The van der Waals surface area contributed by atoms with Crippen LogP contribution in [-0.4, -0.2) is 48.5 Å². The van der Waals surface area contributed by atoms with Crippen LogP contribution in [0.4, 0.5) is 0 Å². The van der Waals surface area contributed by atoms with Crippen molar-refractivity contribution in [2.75, 3.05) is 0 Å². The maximum atomic E-state index is 10.2. The van der Waals surface area contributed by atoms with Gasteiger partial charge in [0.15, 0.2) is 0 Å². The molecule has 0 amide bonds. The Labute approximate surface area is 214 Å². The van der Waals surface area contributed by atoms with E-state index in [-0.39, 0.29) is 62.4 Å². The molecule has 0 heterocycles. The predicted octanol–water partition coefficient (Wildman–Crippen LogP) is 3.06. The third-order valence-electron chi connectivity index (χ3n) is 4.00. The quantitative estimate of drug-likeness (QED) is 0.297. The van der Waals surface area contributed by atoms with Crippen LogP contribution in [-0.2, 0) is 59.5 Å². The molecule has 0 fully saturated rings. The summed E-state index contributed by atoms with van der Waals surface area (Å²) in [7, 11) is 0. The van der Waals surface area contributed by atoms with Crippen molar-refractivity contribution >= 4 is 17.9 Å².